The van der Waals surface area contributed by atoms with Gasteiger partial charge in [0.15, 0.2) is 5.65 Å². The Balaban J connectivity index is 1.55. The largest absolute Gasteiger partial charge is 0.364 e. The Kier molecular flexibility index (Phi) is 4.05. The van der Waals surface area contributed by atoms with Crippen LogP contribution in [0, 0.1) is 5.82 Å². The van der Waals surface area contributed by atoms with Gasteiger partial charge in [-0.1, -0.05) is 5.16 Å². The maximum atomic E-state index is 13.6. The van der Waals surface area contributed by atoms with E-state index >= 15 is 0 Å². The Bertz CT molecular complexity index is 1390. The molecule has 5 rings (SSSR count). The summed E-state index contributed by atoms with van der Waals surface area (Å²) in [7, 11) is 1.73. The molecule has 2 N–H and O–H groups in total. The van der Waals surface area contributed by atoms with E-state index in [1.165, 1.54) is 18.4 Å². The number of fused-ring (bicyclic) bond motifs is 2. The molecule has 0 saturated heterocycles. The van der Waals surface area contributed by atoms with Crippen LogP contribution in [0.2, 0.25) is 0 Å². The van der Waals surface area contributed by atoms with Crippen molar-refractivity contribution in [3.63, 3.8) is 0 Å². The van der Waals surface area contributed by atoms with Crippen LogP contribution in [0.4, 0.5) is 4.39 Å². The number of hydrogen-bond donors (Lipinski definition) is 2. The average molecular weight is 405 g/mol. The molecule has 150 valence electrons. The zero-order valence-corrected chi connectivity index (χ0v) is 16.0. The highest BCUT2D eigenvalue weighted by Gasteiger charge is 2.20. The van der Waals surface area contributed by atoms with Crippen LogP contribution in [0.1, 0.15) is 29.0 Å². The normalized spacial score (nSPS) is 12.5. The lowest BCUT2D eigenvalue weighted by atomic mass is 10.1. The number of nitrogens with zero attached hydrogens (tertiary/aromatic N) is 5. The van der Waals surface area contributed by atoms with E-state index in [-0.39, 0.29) is 17.8 Å². The van der Waals surface area contributed by atoms with E-state index < -0.39 is 0 Å². The first-order valence-corrected chi connectivity index (χ1v) is 9.19. The van der Waals surface area contributed by atoms with Crippen LogP contribution in [0.5, 0.6) is 0 Å². The molecular weight excluding hydrogens is 389 g/mol. The molecule has 0 radical (unpaired) electrons. The Morgan fingerprint density at radius 1 is 1.33 bits per heavy atom. The number of aryl methyl sites for hydroxylation is 1. The van der Waals surface area contributed by atoms with Crippen LogP contribution in [-0.2, 0) is 7.05 Å². The van der Waals surface area contributed by atoms with Gasteiger partial charge in [0.2, 0.25) is 0 Å². The van der Waals surface area contributed by atoms with E-state index in [1.807, 2.05) is 0 Å². The van der Waals surface area contributed by atoms with Crippen molar-refractivity contribution >= 4 is 28.0 Å². The Morgan fingerprint density at radius 2 is 2.20 bits per heavy atom. The first-order valence-electron chi connectivity index (χ1n) is 9.19. The molecule has 1 aromatic carbocycles. The maximum absolute atomic E-state index is 13.6. The molecule has 0 aliphatic heterocycles. The number of halogens is 1. The van der Waals surface area contributed by atoms with E-state index in [0.29, 0.717) is 39.3 Å². The molecule has 0 fully saturated rings. The number of hydrogen-bond acceptors (Lipinski definition) is 6. The Labute approximate surface area is 168 Å². The summed E-state index contributed by atoms with van der Waals surface area (Å²) in [5.74, 6) is -0.666. The van der Waals surface area contributed by atoms with Gasteiger partial charge in [-0.25, -0.2) is 14.4 Å². The second-order valence-electron chi connectivity index (χ2n) is 6.91. The first kappa shape index (κ1) is 18.0. The van der Waals surface area contributed by atoms with Crippen LogP contribution >= 0.6 is 0 Å². The van der Waals surface area contributed by atoms with Gasteiger partial charge in [0.1, 0.15) is 34.7 Å². The van der Waals surface area contributed by atoms with Crippen LogP contribution in [-0.4, -0.2) is 35.8 Å². The van der Waals surface area contributed by atoms with Crippen LogP contribution in [0.25, 0.3) is 33.5 Å². The standard InChI is InChI=1S/C20H16FN7O2/c1-10(14-5-6-30-27-14)24-20(29)13-8-22-19-18(13)25-15(9-23-19)17-12-4-3-11(21)7-16(12)28(2)26-17/h3-10H,1-2H3,(H,22,23)(H,24,29). The zero-order chi connectivity index (χ0) is 20.8. The minimum absolute atomic E-state index is 0.323. The van der Waals surface area contributed by atoms with Gasteiger partial charge in [0, 0.05) is 24.7 Å². The Hall–Kier alpha value is -4.08. The van der Waals surface area contributed by atoms with Crippen molar-refractivity contribution in [3.8, 4) is 11.4 Å². The quantitative estimate of drug-likeness (QED) is 0.475. The van der Waals surface area contributed by atoms with Crippen LogP contribution < -0.4 is 5.32 Å². The van der Waals surface area contributed by atoms with Gasteiger partial charge in [-0.3, -0.25) is 9.48 Å². The highest BCUT2D eigenvalue weighted by Crippen LogP contribution is 2.28. The zero-order valence-electron chi connectivity index (χ0n) is 16.0. The minimum Gasteiger partial charge on any atom is -0.364 e. The molecule has 5 aromatic rings. The van der Waals surface area contributed by atoms with Crippen molar-refractivity contribution in [1.29, 1.82) is 0 Å². The molecule has 0 aliphatic carbocycles. The second kappa shape index (κ2) is 6.76. The second-order valence-corrected chi connectivity index (χ2v) is 6.91. The molecule has 1 amide bonds. The molecule has 30 heavy (non-hydrogen) atoms. The van der Waals surface area contributed by atoms with Gasteiger partial charge in [0.25, 0.3) is 5.91 Å². The van der Waals surface area contributed by atoms with Gasteiger partial charge in [-0.15, -0.1) is 0 Å². The third-order valence-electron chi connectivity index (χ3n) is 4.93. The van der Waals surface area contributed by atoms with Crippen molar-refractivity contribution in [3.05, 3.63) is 60.0 Å². The van der Waals surface area contributed by atoms with Crippen LogP contribution in [0.3, 0.4) is 0 Å². The lowest BCUT2D eigenvalue weighted by Gasteiger charge is -2.10. The van der Waals surface area contributed by atoms with Crippen LogP contribution in [0.15, 0.2) is 47.4 Å². The number of amides is 1. The lowest BCUT2D eigenvalue weighted by Crippen LogP contribution is -2.26. The summed E-state index contributed by atoms with van der Waals surface area (Å²) in [5.41, 5.74) is 3.54. The SMILES string of the molecule is CC(NC(=O)c1c[nH]c2ncc(-c3nn(C)c4cc(F)ccc34)nc12)c1ccon1. The summed E-state index contributed by atoms with van der Waals surface area (Å²) in [6.07, 6.45) is 4.58. The van der Waals surface area contributed by atoms with Gasteiger partial charge in [-0.2, -0.15) is 5.10 Å². The van der Waals surface area contributed by atoms with Crippen molar-refractivity contribution in [2.45, 2.75) is 13.0 Å². The van der Waals surface area contributed by atoms with E-state index in [0.717, 1.165) is 5.39 Å². The predicted molar refractivity (Wildman–Crippen MR) is 106 cm³/mol. The van der Waals surface area contributed by atoms with E-state index in [1.54, 1.807) is 43.2 Å². The van der Waals surface area contributed by atoms with Gasteiger partial charge < -0.3 is 14.8 Å². The topological polar surface area (TPSA) is 115 Å². The molecule has 1 atom stereocenters. The number of H-pyrrole nitrogens is 1. The average Bonchev–Trinajstić information content (AvgIpc) is 3.46. The van der Waals surface area contributed by atoms with Gasteiger partial charge in [-0.05, 0) is 25.1 Å². The summed E-state index contributed by atoms with van der Waals surface area (Å²) < 4.78 is 20.0. The number of carbonyl (C=O) groups excluding carboxylic acids is 1. The molecule has 4 heterocycles. The van der Waals surface area contributed by atoms with E-state index in [2.05, 4.69) is 30.5 Å². The lowest BCUT2D eigenvalue weighted by molar-refractivity contribution is 0.0940. The van der Waals surface area contributed by atoms with Gasteiger partial charge in [0.05, 0.1) is 23.3 Å². The summed E-state index contributed by atoms with van der Waals surface area (Å²) in [4.78, 5) is 24.8. The number of aromatic nitrogens is 6. The number of benzene rings is 1. The fraction of sp³-hybridized carbons (Fsp3) is 0.150. The van der Waals surface area contributed by atoms with Crippen molar-refractivity contribution in [1.82, 2.24) is 35.2 Å². The number of carbonyl (C=O) groups is 1. The first-order chi connectivity index (χ1) is 14.5. The number of nitrogens with one attached hydrogen (secondary N) is 2. The number of aromatic amines is 1. The molecule has 9 nitrogen and oxygen atoms in total. The summed E-state index contributed by atoms with van der Waals surface area (Å²) in [6, 6.07) is 5.79. The highest BCUT2D eigenvalue weighted by molar-refractivity contribution is 6.05. The summed E-state index contributed by atoms with van der Waals surface area (Å²) >= 11 is 0. The van der Waals surface area contributed by atoms with Crippen molar-refractivity contribution < 1.29 is 13.7 Å². The third kappa shape index (κ3) is 2.89. The molecule has 0 spiro atoms. The maximum Gasteiger partial charge on any atom is 0.255 e. The van der Waals surface area contributed by atoms with Crippen molar-refractivity contribution in [2.24, 2.45) is 7.05 Å². The van der Waals surface area contributed by atoms with E-state index in [9.17, 15) is 9.18 Å². The monoisotopic (exact) mass is 405 g/mol. The smallest absolute Gasteiger partial charge is 0.255 e. The number of rotatable bonds is 4. The van der Waals surface area contributed by atoms with Gasteiger partial charge >= 0.3 is 0 Å². The molecule has 0 bridgehead atoms. The fourth-order valence-electron chi connectivity index (χ4n) is 3.39. The molecule has 4 aromatic heterocycles. The Morgan fingerprint density at radius 3 is 3.00 bits per heavy atom. The molecular formula is C20H16FN7O2. The highest BCUT2D eigenvalue weighted by atomic mass is 19.1. The fourth-order valence-corrected chi connectivity index (χ4v) is 3.39. The molecule has 10 heteroatoms. The minimum atomic E-state index is -0.343. The van der Waals surface area contributed by atoms with Crippen molar-refractivity contribution in [2.75, 3.05) is 0 Å². The predicted octanol–water partition coefficient (Wildman–Crippen LogP) is 3.13. The molecule has 0 aliphatic rings. The molecule has 1 unspecified atom stereocenters. The summed E-state index contributed by atoms with van der Waals surface area (Å²) in [5, 5.41) is 11.9. The molecule has 0 saturated carbocycles. The summed E-state index contributed by atoms with van der Waals surface area (Å²) in [6.45, 7) is 1.81. The van der Waals surface area contributed by atoms with E-state index in [4.69, 9.17) is 4.52 Å². The third-order valence-corrected chi connectivity index (χ3v) is 4.93.